The topological polar surface area (TPSA) is 67.9 Å². The van der Waals surface area contributed by atoms with Gasteiger partial charge in [-0.1, -0.05) is 54.6 Å². The summed E-state index contributed by atoms with van der Waals surface area (Å²) >= 11 is 0. The molecule has 6 nitrogen and oxygen atoms in total. The van der Waals surface area contributed by atoms with Gasteiger partial charge in [0.1, 0.15) is 17.5 Å². The fraction of sp³-hybridized carbons (Fsp3) is 0.231. The molecule has 0 aliphatic carbocycles. The van der Waals surface area contributed by atoms with Crippen LogP contribution in [0.15, 0.2) is 72.8 Å². The van der Waals surface area contributed by atoms with Crippen molar-refractivity contribution in [2.45, 2.75) is 25.6 Å². The number of carbonyl (C=O) groups is 2. The van der Waals surface area contributed by atoms with Gasteiger partial charge in [0, 0.05) is 18.7 Å². The van der Waals surface area contributed by atoms with Crippen molar-refractivity contribution < 1.29 is 19.1 Å². The summed E-state index contributed by atoms with van der Waals surface area (Å²) in [5.74, 6) is 1.05. The molecule has 1 atom stereocenters. The summed E-state index contributed by atoms with van der Waals surface area (Å²) in [6.45, 7) is 0.625. The summed E-state index contributed by atoms with van der Waals surface area (Å²) in [5.41, 5.74) is 3.52. The molecule has 1 heterocycles. The van der Waals surface area contributed by atoms with Crippen LogP contribution in [-0.4, -0.2) is 30.9 Å². The van der Waals surface area contributed by atoms with E-state index in [1.54, 1.807) is 19.1 Å². The van der Waals surface area contributed by atoms with Crippen molar-refractivity contribution in [2.75, 3.05) is 14.2 Å². The fourth-order valence-electron chi connectivity index (χ4n) is 4.08. The molecule has 0 fully saturated rings. The molecule has 0 radical (unpaired) electrons. The Labute approximate surface area is 187 Å². The van der Waals surface area contributed by atoms with Gasteiger partial charge < -0.3 is 19.7 Å². The van der Waals surface area contributed by atoms with Crippen LogP contribution >= 0.6 is 0 Å². The van der Waals surface area contributed by atoms with Crippen LogP contribution in [0.25, 0.3) is 0 Å². The number of nitrogens with one attached hydrogen (secondary N) is 1. The Morgan fingerprint density at radius 2 is 1.75 bits per heavy atom. The Kier molecular flexibility index (Phi) is 6.40. The zero-order valence-electron chi connectivity index (χ0n) is 18.2. The number of benzene rings is 3. The number of methoxy groups -OCH3 is 2. The van der Waals surface area contributed by atoms with Crippen molar-refractivity contribution in [2.24, 2.45) is 0 Å². The molecule has 2 amide bonds. The van der Waals surface area contributed by atoms with E-state index in [9.17, 15) is 9.59 Å². The Hall–Kier alpha value is -3.80. The number of nitrogens with zero attached hydrogens (tertiary/aromatic N) is 1. The third-order valence-electron chi connectivity index (χ3n) is 5.71. The van der Waals surface area contributed by atoms with Gasteiger partial charge in [-0.3, -0.25) is 9.59 Å². The van der Waals surface area contributed by atoms with Crippen LogP contribution in [0.2, 0.25) is 0 Å². The van der Waals surface area contributed by atoms with Crippen molar-refractivity contribution >= 4 is 11.8 Å². The van der Waals surface area contributed by atoms with Crippen LogP contribution in [0.4, 0.5) is 0 Å². The first-order valence-corrected chi connectivity index (χ1v) is 10.5. The van der Waals surface area contributed by atoms with Crippen molar-refractivity contribution in [3.8, 4) is 11.5 Å². The highest BCUT2D eigenvalue weighted by molar-refractivity contribution is 5.92. The summed E-state index contributed by atoms with van der Waals surface area (Å²) < 4.78 is 10.7. The van der Waals surface area contributed by atoms with Gasteiger partial charge in [0.05, 0.1) is 20.6 Å². The van der Waals surface area contributed by atoms with Gasteiger partial charge in [0.15, 0.2) is 0 Å². The fourth-order valence-corrected chi connectivity index (χ4v) is 4.08. The standard InChI is InChI=1S/C26H26N2O4/c1-31-21-12-13-23(32-2)20(14-21)16-27-26(30)25-22-11-7-6-10-19(22)15-24(29)28(25)17-18-8-4-3-5-9-18/h3-14,25H,15-17H2,1-2H3,(H,27,30)/t25-/m1/s1. The third-order valence-corrected chi connectivity index (χ3v) is 5.71. The van der Waals surface area contributed by atoms with E-state index in [1.165, 1.54) is 0 Å². The second-order valence-electron chi connectivity index (χ2n) is 7.68. The van der Waals surface area contributed by atoms with Gasteiger partial charge in [-0.25, -0.2) is 0 Å². The molecule has 32 heavy (non-hydrogen) atoms. The van der Waals surface area contributed by atoms with Crippen LogP contribution in [0.5, 0.6) is 11.5 Å². The van der Waals surface area contributed by atoms with Crippen LogP contribution < -0.4 is 14.8 Å². The average Bonchev–Trinajstić information content (AvgIpc) is 2.83. The van der Waals surface area contributed by atoms with E-state index in [0.717, 1.165) is 22.3 Å². The molecule has 3 aromatic carbocycles. The van der Waals surface area contributed by atoms with Gasteiger partial charge in [0.25, 0.3) is 0 Å². The average molecular weight is 431 g/mol. The van der Waals surface area contributed by atoms with Gasteiger partial charge in [-0.15, -0.1) is 0 Å². The molecule has 1 N–H and O–H groups in total. The summed E-state index contributed by atoms with van der Waals surface area (Å²) in [7, 11) is 3.18. The lowest BCUT2D eigenvalue weighted by Gasteiger charge is -2.36. The normalized spacial score (nSPS) is 15.1. The second-order valence-corrected chi connectivity index (χ2v) is 7.68. The summed E-state index contributed by atoms with van der Waals surface area (Å²) in [4.78, 5) is 28.2. The number of hydrogen-bond donors (Lipinski definition) is 1. The molecule has 0 saturated heterocycles. The van der Waals surface area contributed by atoms with E-state index in [4.69, 9.17) is 9.47 Å². The Morgan fingerprint density at radius 1 is 1.00 bits per heavy atom. The van der Waals surface area contributed by atoms with E-state index in [0.29, 0.717) is 18.0 Å². The van der Waals surface area contributed by atoms with Crippen molar-refractivity contribution in [1.82, 2.24) is 10.2 Å². The maximum atomic E-state index is 13.5. The minimum absolute atomic E-state index is 0.0633. The van der Waals surface area contributed by atoms with Crippen LogP contribution in [0.1, 0.15) is 28.3 Å². The van der Waals surface area contributed by atoms with Crippen LogP contribution in [0, 0.1) is 0 Å². The van der Waals surface area contributed by atoms with E-state index >= 15 is 0 Å². The SMILES string of the molecule is COc1ccc(OC)c(CNC(=O)[C@H]2c3ccccc3CC(=O)N2Cc2ccccc2)c1. The number of ether oxygens (including phenoxy) is 2. The summed E-state index contributed by atoms with van der Waals surface area (Å²) in [6.07, 6.45) is 0.288. The van der Waals surface area contributed by atoms with E-state index in [1.807, 2.05) is 72.8 Å². The first-order valence-electron chi connectivity index (χ1n) is 10.5. The van der Waals surface area contributed by atoms with Gasteiger partial charge in [0.2, 0.25) is 11.8 Å². The maximum absolute atomic E-state index is 13.5. The molecule has 3 aromatic rings. The van der Waals surface area contributed by atoms with Crippen molar-refractivity contribution in [3.63, 3.8) is 0 Å². The van der Waals surface area contributed by atoms with Crippen LogP contribution in [-0.2, 0) is 29.1 Å². The molecule has 1 aliphatic heterocycles. The molecule has 1 aliphatic rings. The molecule has 6 heteroatoms. The predicted molar refractivity (Wildman–Crippen MR) is 121 cm³/mol. The Morgan fingerprint density at radius 3 is 2.50 bits per heavy atom. The molecule has 0 saturated carbocycles. The van der Waals surface area contributed by atoms with Crippen molar-refractivity contribution in [1.29, 1.82) is 0 Å². The largest absolute Gasteiger partial charge is 0.497 e. The van der Waals surface area contributed by atoms with Gasteiger partial charge in [-0.05, 0) is 34.9 Å². The number of fused-ring (bicyclic) bond motifs is 1. The zero-order valence-corrected chi connectivity index (χ0v) is 18.2. The molecule has 164 valence electrons. The molecular weight excluding hydrogens is 404 g/mol. The predicted octanol–water partition coefficient (Wildman–Crippen LogP) is 3.65. The number of carbonyl (C=O) groups excluding carboxylic acids is 2. The maximum Gasteiger partial charge on any atom is 0.247 e. The van der Waals surface area contributed by atoms with Gasteiger partial charge >= 0.3 is 0 Å². The monoisotopic (exact) mass is 430 g/mol. The number of rotatable bonds is 7. The van der Waals surface area contributed by atoms with Crippen LogP contribution in [0.3, 0.4) is 0 Å². The highest BCUT2D eigenvalue weighted by Crippen LogP contribution is 2.32. The number of amides is 2. The van der Waals surface area contributed by atoms with E-state index in [2.05, 4.69) is 5.32 Å². The molecule has 0 bridgehead atoms. The molecule has 0 unspecified atom stereocenters. The quantitative estimate of drug-likeness (QED) is 0.621. The lowest BCUT2D eigenvalue weighted by Crippen LogP contribution is -2.46. The molecule has 4 rings (SSSR count). The first-order chi connectivity index (χ1) is 15.6. The highest BCUT2D eigenvalue weighted by Gasteiger charge is 2.37. The summed E-state index contributed by atoms with van der Waals surface area (Å²) in [6, 6.07) is 22.1. The second kappa shape index (κ2) is 9.56. The smallest absolute Gasteiger partial charge is 0.247 e. The minimum Gasteiger partial charge on any atom is -0.497 e. The first kappa shape index (κ1) is 21.4. The van der Waals surface area contributed by atoms with Crippen molar-refractivity contribution in [3.05, 3.63) is 95.1 Å². The molecule has 0 spiro atoms. The lowest BCUT2D eigenvalue weighted by atomic mass is 9.91. The third kappa shape index (κ3) is 4.44. The Bertz CT molecular complexity index is 1110. The molecule has 0 aromatic heterocycles. The molecular formula is C26H26N2O4. The van der Waals surface area contributed by atoms with E-state index in [-0.39, 0.29) is 24.8 Å². The highest BCUT2D eigenvalue weighted by atomic mass is 16.5. The summed E-state index contributed by atoms with van der Waals surface area (Å²) in [5, 5.41) is 3.00. The lowest BCUT2D eigenvalue weighted by molar-refractivity contribution is -0.142. The zero-order chi connectivity index (χ0) is 22.5. The van der Waals surface area contributed by atoms with Gasteiger partial charge in [-0.2, -0.15) is 0 Å². The Balaban J connectivity index is 1.62. The van der Waals surface area contributed by atoms with E-state index < -0.39 is 6.04 Å². The number of hydrogen-bond acceptors (Lipinski definition) is 4. The minimum atomic E-state index is -0.704.